The van der Waals surface area contributed by atoms with Gasteiger partial charge in [-0.05, 0) is 31.3 Å². The minimum atomic E-state index is -0.520. The number of rotatable bonds is 6. The number of piperidine rings is 1. The minimum Gasteiger partial charge on any atom is -0.502 e. The van der Waals surface area contributed by atoms with Crippen LogP contribution in [-0.2, 0) is 9.47 Å². The van der Waals surface area contributed by atoms with E-state index in [1.807, 2.05) is 13.1 Å². The zero-order valence-electron chi connectivity index (χ0n) is 18.3. The predicted molar refractivity (Wildman–Crippen MR) is 115 cm³/mol. The minimum absolute atomic E-state index is 0.0249. The Morgan fingerprint density at radius 2 is 1.53 bits per heavy atom. The molecule has 32 heavy (non-hydrogen) atoms. The van der Waals surface area contributed by atoms with Gasteiger partial charge >= 0.3 is 11.9 Å². The molecule has 2 fully saturated rings. The summed E-state index contributed by atoms with van der Waals surface area (Å²) in [7, 11) is 4.81. The first-order valence-corrected chi connectivity index (χ1v) is 10.5. The molecular formula is C24H27NO7. The number of carbonyl (C=O) groups is 2. The quantitative estimate of drug-likeness (QED) is 0.684. The van der Waals surface area contributed by atoms with E-state index in [0.29, 0.717) is 24.8 Å². The van der Waals surface area contributed by atoms with E-state index in [4.69, 9.17) is 18.9 Å². The van der Waals surface area contributed by atoms with Gasteiger partial charge in [0, 0.05) is 25.3 Å². The lowest BCUT2D eigenvalue weighted by molar-refractivity contribution is -0.0152. The summed E-state index contributed by atoms with van der Waals surface area (Å²) in [5.74, 6) is -0.769. The Kier molecular flexibility index (Phi) is 6.23. The van der Waals surface area contributed by atoms with Crippen LogP contribution in [-0.4, -0.2) is 67.5 Å². The Hall–Kier alpha value is -3.26. The van der Waals surface area contributed by atoms with Crippen molar-refractivity contribution in [2.75, 3.05) is 21.3 Å². The maximum Gasteiger partial charge on any atom is 0.338 e. The van der Waals surface area contributed by atoms with Crippen LogP contribution in [0.5, 0.6) is 17.2 Å². The van der Waals surface area contributed by atoms with Crippen LogP contribution in [0.4, 0.5) is 0 Å². The van der Waals surface area contributed by atoms with Crippen molar-refractivity contribution in [3.05, 3.63) is 53.6 Å². The predicted octanol–water partition coefficient (Wildman–Crippen LogP) is 3.03. The molecule has 1 N–H and O–H groups in total. The van der Waals surface area contributed by atoms with Crippen molar-refractivity contribution < 1.29 is 33.6 Å². The third-order valence-corrected chi connectivity index (χ3v) is 6.33. The van der Waals surface area contributed by atoms with Crippen LogP contribution < -0.4 is 9.47 Å². The van der Waals surface area contributed by atoms with Crippen LogP contribution in [0.25, 0.3) is 0 Å². The van der Waals surface area contributed by atoms with Crippen molar-refractivity contribution >= 4 is 11.9 Å². The number of likely N-dealkylation sites (N-methyl/N-ethyl adjacent to an activating group) is 1. The molecule has 2 bridgehead atoms. The van der Waals surface area contributed by atoms with Gasteiger partial charge in [-0.25, -0.2) is 9.59 Å². The zero-order chi connectivity index (χ0) is 22.8. The third-order valence-electron chi connectivity index (χ3n) is 6.33. The average Bonchev–Trinajstić information content (AvgIpc) is 2.96. The normalized spacial score (nSPS) is 24.6. The number of hydrogen-bond acceptors (Lipinski definition) is 8. The van der Waals surface area contributed by atoms with Crippen LogP contribution in [0.3, 0.4) is 0 Å². The highest BCUT2D eigenvalue weighted by Crippen LogP contribution is 2.40. The van der Waals surface area contributed by atoms with Crippen LogP contribution in [0.1, 0.15) is 40.0 Å². The van der Waals surface area contributed by atoms with Crippen LogP contribution >= 0.6 is 0 Å². The van der Waals surface area contributed by atoms with Gasteiger partial charge in [0.15, 0.2) is 11.5 Å². The van der Waals surface area contributed by atoms with Crippen LogP contribution in [0.15, 0.2) is 42.5 Å². The van der Waals surface area contributed by atoms with Crippen molar-refractivity contribution in [3.8, 4) is 17.2 Å². The number of phenols is 1. The number of carbonyl (C=O) groups excluding carboxylic acids is 2. The van der Waals surface area contributed by atoms with E-state index in [0.717, 1.165) is 0 Å². The molecule has 2 saturated heterocycles. The van der Waals surface area contributed by atoms with E-state index in [9.17, 15) is 14.7 Å². The average molecular weight is 441 g/mol. The Morgan fingerprint density at radius 3 is 2.16 bits per heavy atom. The van der Waals surface area contributed by atoms with Crippen molar-refractivity contribution in [1.29, 1.82) is 0 Å². The number of nitrogens with zero attached hydrogens (tertiary/aromatic N) is 1. The second-order valence-electron chi connectivity index (χ2n) is 8.16. The van der Waals surface area contributed by atoms with E-state index in [1.165, 1.54) is 26.4 Å². The highest BCUT2D eigenvalue weighted by Gasteiger charge is 2.48. The zero-order valence-corrected chi connectivity index (χ0v) is 18.3. The SMILES string of the molecule is COc1cc(C(=O)O[C@H]2C[C@H]3C[C@H](OC(=O)c4ccccc4)[C@@H](C2)N3C)cc(OC)c1O. The summed E-state index contributed by atoms with van der Waals surface area (Å²) in [6, 6.07) is 11.9. The highest BCUT2D eigenvalue weighted by atomic mass is 16.6. The summed E-state index contributed by atoms with van der Waals surface area (Å²) in [5, 5.41) is 10.1. The first kappa shape index (κ1) is 22.0. The smallest absolute Gasteiger partial charge is 0.338 e. The van der Waals surface area contributed by atoms with Gasteiger partial charge in [-0.1, -0.05) is 18.2 Å². The largest absolute Gasteiger partial charge is 0.502 e. The lowest BCUT2D eigenvalue weighted by Crippen LogP contribution is -2.46. The molecule has 2 aliphatic heterocycles. The third kappa shape index (κ3) is 4.23. The number of aromatic hydroxyl groups is 1. The Morgan fingerprint density at radius 1 is 0.906 bits per heavy atom. The van der Waals surface area contributed by atoms with Gasteiger partial charge in [-0.3, -0.25) is 4.90 Å². The lowest BCUT2D eigenvalue weighted by atomic mass is 10.00. The fraction of sp³-hybridized carbons (Fsp3) is 0.417. The van der Waals surface area contributed by atoms with E-state index in [1.54, 1.807) is 24.3 Å². The Bertz CT molecular complexity index is 968. The van der Waals surface area contributed by atoms with Gasteiger partial charge in [0.1, 0.15) is 12.2 Å². The van der Waals surface area contributed by atoms with E-state index in [-0.39, 0.29) is 53.1 Å². The highest BCUT2D eigenvalue weighted by molar-refractivity contribution is 5.91. The number of fused-ring (bicyclic) bond motifs is 2. The monoisotopic (exact) mass is 441 g/mol. The van der Waals surface area contributed by atoms with Crippen molar-refractivity contribution in [1.82, 2.24) is 4.90 Å². The molecule has 0 aromatic heterocycles. The van der Waals surface area contributed by atoms with E-state index >= 15 is 0 Å². The van der Waals surface area contributed by atoms with Gasteiger partial charge in [0.2, 0.25) is 5.75 Å². The molecule has 4 atom stereocenters. The van der Waals surface area contributed by atoms with Crippen molar-refractivity contribution in [3.63, 3.8) is 0 Å². The van der Waals surface area contributed by atoms with Crippen molar-refractivity contribution in [2.45, 2.75) is 43.6 Å². The molecular weight excluding hydrogens is 414 g/mol. The molecule has 2 heterocycles. The fourth-order valence-electron chi connectivity index (χ4n) is 4.61. The molecule has 0 aliphatic carbocycles. The molecule has 0 amide bonds. The van der Waals surface area contributed by atoms with Gasteiger partial charge in [0.05, 0.1) is 31.4 Å². The number of ether oxygens (including phenoxy) is 4. The number of esters is 2. The molecule has 170 valence electrons. The van der Waals surface area contributed by atoms with E-state index in [2.05, 4.69) is 4.90 Å². The Balaban J connectivity index is 1.43. The topological polar surface area (TPSA) is 94.5 Å². The molecule has 8 nitrogen and oxygen atoms in total. The molecule has 8 heteroatoms. The molecule has 4 rings (SSSR count). The van der Waals surface area contributed by atoms with Gasteiger partial charge in [-0.15, -0.1) is 0 Å². The molecule has 2 aromatic carbocycles. The van der Waals surface area contributed by atoms with Gasteiger partial charge in [-0.2, -0.15) is 0 Å². The standard InChI is InChI=1S/C24H27NO7/c1-25-16-11-17(31-24(28)15-9-20(29-2)22(26)21(10-15)30-3)13-18(25)19(12-16)32-23(27)14-7-5-4-6-8-14/h4-10,16-19,26H,11-13H2,1-3H3/t16-,17-,18+,19-/m0/s1. The van der Waals surface area contributed by atoms with E-state index < -0.39 is 5.97 Å². The molecule has 0 saturated carbocycles. The second-order valence-corrected chi connectivity index (χ2v) is 8.16. The van der Waals surface area contributed by atoms with Crippen LogP contribution in [0, 0.1) is 0 Å². The first-order chi connectivity index (χ1) is 15.4. The molecule has 0 spiro atoms. The van der Waals surface area contributed by atoms with Crippen LogP contribution in [0.2, 0.25) is 0 Å². The maximum absolute atomic E-state index is 12.8. The number of methoxy groups -OCH3 is 2. The Labute approximate surface area is 186 Å². The number of phenolic OH excluding ortho intramolecular Hbond substituents is 1. The summed E-state index contributed by atoms with van der Waals surface area (Å²) in [6.07, 6.45) is 1.37. The summed E-state index contributed by atoms with van der Waals surface area (Å²) in [5.41, 5.74) is 0.754. The lowest BCUT2D eigenvalue weighted by Gasteiger charge is -2.36. The molecule has 0 unspecified atom stereocenters. The molecule has 0 radical (unpaired) electrons. The summed E-state index contributed by atoms with van der Waals surface area (Å²) >= 11 is 0. The maximum atomic E-state index is 12.8. The summed E-state index contributed by atoms with van der Waals surface area (Å²) < 4.78 is 21.8. The second kappa shape index (κ2) is 9.08. The first-order valence-electron chi connectivity index (χ1n) is 10.5. The van der Waals surface area contributed by atoms with Gasteiger partial charge < -0.3 is 24.1 Å². The fourth-order valence-corrected chi connectivity index (χ4v) is 4.61. The number of hydrogen-bond donors (Lipinski definition) is 1. The molecule has 2 aromatic rings. The molecule has 2 aliphatic rings. The summed E-state index contributed by atoms with van der Waals surface area (Å²) in [6.45, 7) is 0. The summed E-state index contributed by atoms with van der Waals surface area (Å²) in [4.78, 5) is 27.5. The number of benzene rings is 2. The van der Waals surface area contributed by atoms with Crippen molar-refractivity contribution in [2.24, 2.45) is 0 Å². The van der Waals surface area contributed by atoms with Gasteiger partial charge in [0.25, 0.3) is 0 Å².